The normalized spacial score (nSPS) is 11.6. The van der Waals surface area contributed by atoms with Crippen LogP contribution in [0.25, 0.3) is 0 Å². The van der Waals surface area contributed by atoms with Gasteiger partial charge < -0.3 is 16.0 Å². The van der Waals surface area contributed by atoms with Gasteiger partial charge in [-0.05, 0) is 19.1 Å². The Morgan fingerprint density at radius 1 is 1.32 bits per heavy atom. The van der Waals surface area contributed by atoms with Gasteiger partial charge in [0.1, 0.15) is 13.1 Å². The van der Waals surface area contributed by atoms with Gasteiger partial charge in [-0.15, -0.1) is 24.0 Å². The number of carbonyl (C=O) groups excluding carboxylic acids is 1. The topological polar surface area (TPSA) is 70.7 Å². The van der Waals surface area contributed by atoms with Gasteiger partial charge in [-0.3, -0.25) is 4.79 Å². The number of aryl methyl sites for hydroxylation is 1. The van der Waals surface area contributed by atoms with E-state index in [1.807, 2.05) is 19.1 Å². The summed E-state index contributed by atoms with van der Waals surface area (Å²) >= 11 is 0. The molecule has 1 amide bonds. The molecule has 1 rings (SSSR count). The highest BCUT2D eigenvalue weighted by atomic mass is 127. The van der Waals surface area contributed by atoms with Crippen LogP contribution in [0, 0.1) is 6.92 Å². The average Bonchev–Trinajstić information content (AvgIpc) is 2.36. The Morgan fingerprint density at radius 3 is 2.36 bits per heavy atom. The summed E-state index contributed by atoms with van der Waals surface area (Å²) in [7, 11) is 1.06. The van der Waals surface area contributed by atoms with Crippen molar-refractivity contribution in [3.63, 3.8) is 0 Å². The fourth-order valence-corrected chi connectivity index (χ4v) is 1.45. The number of aliphatic imine (C=N–C) groups is 1. The number of hydrogen-bond donors (Lipinski definition) is 2. The van der Waals surface area contributed by atoms with Crippen LogP contribution in [0.1, 0.15) is 5.56 Å². The van der Waals surface area contributed by atoms with Crippen LogP contribution < -0.4 is 11.1 Å². The lowest BCUT2D eigenvalue weighted by atomic mass is 10.2. The number of nitrogens with zero attached hydrogens (tertiary/aromatic N) is 2. The molecule has 0 spiro atoms. The highest BCUT2D eigenvalue weighted by Gasteiger charge is 2.30. The molecular weight excluding hydrogens is 412 g/mol. The second kappa shape index (κ2) is 8.81. The van der Waals surface area contributed by atoms with Crippen molar-refractivity contribution >= 4 is 41.5 Å². The third-order valence-electron chi connectivity index (χ3n) is 2.55. The Kier molecular flexibility index (Phi) is 8.20. The van der Waals surface area contributed by atoms with Crippen LogP contribution in [0.3, 0.4) is 0 Å². The summed E-state index contributed by atoms with van der Waals surface area (Å²) in [6.07, 6.45) is -4.43. The summed E-state index contributed by atoms with van der Waals surface area (Å²) < 4.78 is 36.4. The Labute approximate surface area is 143 Å². The minimum atomic E-state index is -4.43. The largest absolute Gasteiger partial charge is 0.406 e. The second-order valence-corrected chi connectivity index (χ2v) is 4.56. The van der Waals surface area contributed by atoms with Crippen LogP contribution in [0.4, 0.5) is 18.9 Å². The van der Waals surface area contributed by atoms with Crippen LogP contribution in [0.2, 0.25) is 0 Å². The Hall–Kier alpha value is -1.52. The van der Waals surface area contributed by atoms with Crippen molar-refractivity contribution in [2.45, 2.75) is 13.1 Å². The maximum Gasteiger partial charge on any atom is 0.406 e. The van der Waals surface area contributed by atoms with E-state index in [-0.39, 0.29) is 29.9 Å². The van der Waals surface area contributed by atoms with Crippen molar-refractivity contribution < 1.29 is 18.0 Å². The lowest BCUT2D eigenvalue weighted by Crippen LogP contribution is -2.37. The number of rotatable bonds is 4. The number of nitrogens with one attached hydrogen (secondary N) is 1. The minimum absolute atomic E-state index is 0. The molecule has 9 heteroatoms. The number of alkyl halides is 3. The molecule has 0 saturated heterocycles. The average molecular weight is 430 g/mol. The summed E-state index contributed by atoms with van der Waals surface area (Å²) in [6, 6.07) is 7.26. The second-order valence-electron chi connectivity index (χ2n) is 4.56. The number of likely N-dealkylation sites (N-methyl/N-ethyl adjacent to an activating group) is 1. The molecule has 0 bridgehead atoms. The predicted molar refractivity (Wildman–Crippen MR) is 90.4 cm³/mol. The summed E-state index contributed by atoms with van der Waals surface area (Å²) in [6.45, 7) is 0.167. The van der Waals surface area contributed by atoms with Crippen molar-refractivity contribution in [1.29, 1.82) is 0 Å². The van der Waals surface area contributed by atoms with E-state index in [0.717, 1.165) is 12.6 Å². The molecule has 1 aromatic carbocycles. The smallest absolute Gasteiger partial charge is 0.370 e. The molecule has 0 aliphatic heterocycles. The van der Waals surface area contributed by atoms with E-state index in [1.54, 1.807) is 12.1 Å². The lowest BCUT2D eigenvalue weighted by Gasteiger charge is -2.17. The van der Waals surface area contributed by atoms with E-state index in [1.165, 1.54) is 0 Å². The quantitative estimate of drug-likeness (QED) is 0.438. The first-order valence-electron chi connectivity index (χ1n) is 6.12. The Balaban J connectivity index is 0.00000441. The van der Waals surface area contributed by atoms with Crippen LogP contribution in [-0.2, 0) is 4.79 Å². The zero-order valence-electron chi connectivity index (χ0n) is 12.1. The molecule has 1 aromatic rings. The summed E-state index contributed by atoms with van der Waals surface area (Å²) in [4.78, 5) is 15.7. The fourth-order valence-electron chi connectivity index (χ4n) is 1.45. The van der Waals surface area contributed by atoms with Gasteiger partial charge in [-0.25, -0.2) is 4.99 Å². The molecule has 0 aliphatic carbocycles. The van der Waals surface area contributed by atoms with Crippen molar-refractivity contribution in [2.24, 2.45) is 10.7 Å². The Bertz CT molecular complexity index is 517. The van der Waals surface area contributed by atoms with Gasteiger partial charge in [0.15, 0.2) is 5.96 Å². The van der Waals surface area contributed by atoms with E-state index in [9.17, 15) is 18.0 Å². The van der Waals surface area contributed by atoms with Crippen molar-refractivity contribution in [3.8, 4) is 0 Å². The SMILES string of the molecule is Cc1ccc(NC(N)=NCC(=O)N(C)CC(F)(F)F)cc1.I. The van der Waals surface area contributed by atoms with Gasteiger partial charge in [0.05, 0.1) is 0 Å². The highest BCUT2D eigenvalue weighted by molar-refractivity contribution is 14.0. The fraction of sp³-hybridized carbons (Fsp3) is 0.385. The van der Waals surface area contributed by atoms with Gasteiger partial charge >= 0.3 is 6.18 Å². The third-order valence-corrected chi connectivity index (χ3v) is 2.55. The minimum Gasteiger partial charge on any atom is -0.370 e. The first-order chi connectivity index (χ1) is 9.67. The standard InChI is InChI=1S/C13H17F3N4O.HI/c1-9-3-5-10(6-4-9)19-12(17)18-7-11(21)20(2)8-13(14,15)16;/h3-6H,7-8H2,1-2H3,(H3,17,18,19);1H. The summed E-state index contributed by atoms with van der Waals surface area (Å²) in [5.41, 5.74) is 7.31. The molecule has 0 saturated carbocycles. The first-order valence-corrected chi connectivity index (χ1v) is 6.12. The molecule has 3 N–H and O–H groups in total. The zero-order valence-corrected chi connectivity index (χ0v) is 14.5. The molecule has 0 radical (unpaired) electrons. The third kappa shape index (κ3) is 8.05. The molecule has 22 heavy (non-hydrogen) atoms. The number of amides is 1. The number of halogens is 4. The van der Waals surface area contributed by atoms with E-state index >= 15 is 0 Å². The molecular formula is C13H18F3IN4O. The van der Waals surface area contributed by atoms with Gasteiger partial charge in [-0.1, -0.05) is 17.7 Å². The molecule has 0 fully saturated rings. The van der Waals surface area contributed by atoms with Crippen molar-refractivity contribution in [1.82, 2.24) is 4.90 Å². The van der Waals surface area contributed by atoms with Crippen LogP contribution in [0.5, 0.6) is 0 Å². The number of carbonyl (C=O) groups is 1. The molecule has 5 nitrogen and oxygen atoms in total. The van der Waals surface area contributed by atoms with Gasteiger partial charge in [0, 0.05) is 12.7 Å². The van der Waals surface area contributed by atoms with E-state index in [0.29, 0.717) is 10.6 Å². The number of benzene rings is 1. The Morgan fingerprint density at radius 2 is 1.86 bits per heavy atom. The van der Waals surface area contributed by atoms with E-state index in [4.69, 9.17) is 5.73 Å². The van der Waals surface area contributed by atoms with Crippen molar-refractivity contribution in [3.05, 3.63) is 29.8 Å². The molecule has 0 heterocycles. The zero-order chi connectivity index (χ0) is 16.0. The predicted octanol–water partition coefficient (Wildman–Crippen LogP) is 2.36. The number of nitrogens with two attached hydrogens (primary N) is 1. The van der Waals surface area contributed by atoms with Gasteiger partial charge in [0.2, 0.25) is 5.91 Å². The maximum atomic E-state index is 12.1. The summed E-state index contributed by atoms with van der Waals surface area (Å²) in [5.74, 6) is -0.798. The number of anilines is 1. The van der Waals surface area contributed by atoms with Crippen molar-refractivity contribution in [2.75, 3.05) is 25.5 Å². The maximum absolute atomic E-state index is 12.1. The molecule has 124 valence electrons. The monoisotopic (exact) mass is 430 g/mol. The first kappa shape index (κ1) is 20.5. The summed E-state index contributed by atoms with van der Waals surface area (Å²) in [5, 5.41) is 2.75. The molecule has 0 unspecified atom stereocenters. The highest BCUT2D eigenvalue weighted by Crippen LogP contribution is 2.15. The van der Waals surface area contributed by atoms with Gasteiger partial charge in [-0.2, -0.15) is 13.2 Å². The lowest BCUT2D eigenvalue weighted by molar-refractivity contribution is -0.157. The molecule has 0 atom stereocenters. The van der Waals surface area contributed by atoms with E-state index in [2.05, 4.69) is 10.3 Å². The van der Waals surface area contributed by atoms with Crippen LogP contribution in [0.15, 0.2) is 29.3 Å². The molecule has 0 aromatic heterocycles. The van der Waals surface area contributed by atoms with Crippen LogP contribution >= 0.6 is 24.0 Å². The number of guanidine groups is 1. The van der Waals surface area contributed by atoms with Gasteiger partial charge in [0.25, 0.3) is 0 Å². The number of hydrogen-bond acceptors (Lipinski definition) is 2. The van der Waals surface area contributed by atoms with E-state index < -0.39 is 25.2 Å². The van der Waals surface area contributed by atoms with Crippen LogP contribution in [-0.4, -0.2) is 43.1 Å². The molecule has 0 aliphatic rings.